The number of hydrogen-bond acceptors (Lipinski definition) is 15. The highest BCUT2D eigenvalue weighted by molar-refractivity contribution is 5.70. The summed E-state index contributed by atoms with van der Waals surface area (Å²) < 4.78 is 33.7. The normalized spacial score (nSPS) is 24.8. The molecule has 0 radical (unpaired) electrons. The van der Waals surface area contributed by atoms with E-state index < -0.39 is 92.7 Å². The van der Waals surface area contributed by atoms with Gasteiger partial charge in [-0.15, -0.1) is 0 Å². The molecule has 434 valence electrons. The maximum Gasteiger partial charge on any atom is 0.306 e. The van der Waals surface area contributed by atoms with Crippen LogP contribution in [0.5, 0.6) is 0 Å². The molecule has 0 amide bonds. The Balaban J connectivity index is 1.74. The monoisotopic (exact) mass is 1060 g/mol. The van der Waals surface area contributed by atoms with E-state index in [1.165, 1.54) is 148 Å². The van der Waals surface area contributed by atoms with Gasteiger partial charge in [-0.2, -0.15) is 0 Å². The van der Waals surface area contributed by atoms with Gasteiger partial charge in [-0.1, -0.05) is 212 Å². The summed E-state index contributed by atoms with van der Waals surface area (Å²) in [5.41, 5.74) is 0. The van der Waals surface area contributed by atoms with Crippen molar-refractivity contribution in [2.24, 2.45) is 0 Å². The minimum Gasteiger partial charge on any atom is -0.462 e. The lowest BCUT2D eigenvalue weighted by molar-refractivity contribution is -0.332. The molecule has 2 aliphatic rings. The average Bonchev–Trinajstić information content (AvgIpc) is 3.39. The molecule has 0 aromatic rings. The number of carbonyl (C=O) groups is 2. The first-order valence-corrected chi connectivity index (χ1v) is 29.9. The quantitative estimate of drug-likeness (QED) is 0.0171. The first kappa shape index (κ1) is 68.1. The third-order valence-corrected chi connectivity index (χ3v) is 14.4. The van der Waals surface area contributed by atoms with Crippen LogP contribution in [-0.2, 0) is 38.0 Å². The summed E-state index contributed by atoms with van der Waals surface area (Å²) in [6.07, 6.45) is 33.4. The minimum atomic E-state index is -1.76. The van der Waals surface area contributed by atoms with Crippen LogP contribution < -0.4 is 0 Å². The second-order valence-corrected chi connectivity index (χ2v) is 21.2. The van der Waals surface area contributed by atoms with E-state index in [-0.39, 0.29) is 26.1 Å². The molecule has 0 bridgehead atoms. The van der Waals surface area contributed by atoms with Crippen LogP contribution in [0.1, 0.15) is 245 Å². The maximum absolute atomic E-state index is 13.1. The van der Waals surface area contributed by atoms with E-state index in [2.05, 4.69) is 38.2 Å². The largest absolute Gasteiger partial charge is 0.462 e. The number of unbranched alkanes of at least 4 members (excludes halogenated alkanes) is 30. The van der Waals surface area contributed by atoms with Gasteiger partial charge in [0.15, 0.2) is 18.7 Å². The predicted octanol–water partition coefficient (Wildman–Crippen LogP) is 10.3. The van der Waals surface area contributed by atoms with E-state index in [1.54, 1.807) is 0 Å². The zero-order chi connectivity index (χ0) is 53.9. The van der Waals surface area contributed by atoms with Crippen molar-refractivity contribution in [1.82, 2.24) is 0 Å². The fourth-order valence-corrected chi connectivity index (χ4v) is 9.54. The topological polar surface area (TPSA) is 231 Å². The van der Waals surface area contributed by atoms with Gasteiger partial charge in [0.05, 0.1) is 19.8 Å². The van der Waals surface area contributed by atoms with Crippen molar-refractivity contribution >= 4 is 11.9 Å². The van der Waals surface area contributed by atoms with Gasteiger partial charge in [-0.3, -0.25) is 9.59 Å². The summed E-state index contributed by atoms with van der Waals surface area (Å²) in [5.74, 6) is -0.920. The lowest BCUT2D eigenvalue weighted by Crippen LogP contribution is -2.61. The Hall–Kier alpha value is -2.02. The molecule has 0 spiro atoms. The fraction of sp³-hybridized carbons (Fsp3) is 0.898. The maximum atomic E-state index is 13.1. The van der Waals surface area contributed by atoms with E-state index in [0.29, 0.717) is 12.8 Å². The van der Waals surface area contributed by atoms with Crippen molar-refractivity contribution in [3.63, 3.8) is 0 Å². The van der Waals surface area contributed by atoms with Gasteiger partial charge in [0.1, 0.15) is 55.4 Å². The van der Waals surface area contributed by atoms with Crippen LogP contribution >= 0.6 is 0 Å². The highest BCUT2D eigenvalue weighted by Crippen LogP contribution is 2.27. The molecule has 0 aliphatic carbocycles. The number of rotatable bonds is 48. The van der Waals surface area contributed by atoms with E-state index >= 15 is 0 Å². The van der Waals surface area contributed by atoms with Gasteiger partial charge in [-0.05, 0) is 44.9 Å². The molecule has 2 rings (SSSR count). The molecule has 0 aromatic heterocycles. The Morgan fingerprint density at radius 1 is 0.432 bits per heavy atom. The third kappa shape index (κ3) is 32.7. The second kappa shape index (κ2) is 45.9. The molecule has 15 heteroatoms. The van der Waals surface area contributed by atoms with Crippen LogP contribution in [0.4, 0.5) is 0 Å². The van der Waals surface area contributed by atoms with Gasteiger partial charge in [0.25, 0.3) is 0 Å². The summed E-state index contributed by atoms with van der Waals surface area (Å²) in [5, 5.41) is 72.3. The molecular formula is C59H108O15. The zero-order valence-corrected chi connectivity index (χ0v) is 46.3. The Labute approximate surface area is 447 Å². The van der Waals surface area contributed by atoms with Gasteiger partial charge in [0, 0.05) is 12.8 Å². The van der Waals surface area contributed by atoms with Crippen molar-refractivity contribution in [3.8, 4) is 0 Å². The Bertz CT molecular complexity index is 1380. The lowest BCUT2D eigenvalue weighted by atomic mass is 9.98. The Morgan fingerprint density at radius 3 is 1.28 bits per heavy atom. The van der Waals surface area contributed by atoms with Gasteiger partial charge in [0.2, 0.25) is 0 Å². The van der Waals surface area contributed by atoms with Crippen LogP contribution in [0.3, 0.4) is 0 Å². The number of esters is 2. The van der Waals surface area contributed by atoms with Crippen LogP contribution in [0.2, 0.25) is 0 Å². The molecule has 11 atom stereocenters. The van der Waals surface area contributed by atoms with Gasteiger partial charge in [-0.25, -0.2) is 0 Å². The summed E-state index contributed by atoms with van der Waals surface area (Å²) in [6.45, 7) is 2.61. The number of aliphatic hydroxyl groups excluding tert-OH is 7. The van der Waals surface area contributed by atoms with E-state index in [4.69, 9.17) is 28.4 Å². The molecule has 0 aromatic carbocycles. The molecule has 4 unspecified atom stereocenters. The Morgan fingerprint density at radius 2 is 0.811 bits per heavy atom. The molecule has 7 N–H and O–H groups in total. The summed E-state index contributed by atoms with van der Waals surface area (Å²) in [7, 11) is 0. The molecular weight excluding hydrogens is 949 g/mol. The molecule has 2 fully saturated rings. The van der Waals surface area contributed by atoms with Crippen LogP contribution in [0.15, 0.2) is 24.3 Å². The minimum absolute atomic E-state index is 0.169. The summed E-state index contributed by atoms with van der Waals surface area (Å²) >= 11 is 0. The van der Waals surface area contributed by atoms with E-state index in [0.717, 1.165) is 57.8 Å². The van der Waals surface area contributed by atoms with Crippen LogP contribution in [0.25, 0.3) is 0 Å². The fourth-order valence-electron chi connectivity index (χ4n) is 9.54. The average molecular weight is 1060 g/mol. The van der Waals surface area contributed by atoms with Crippen LogP contribution in [0, 0.1) is 0 Å². The van der Waals surface area contributed by atoms with Gasteiger partial charge < -0.3 is 64.2 Å². The highest BCUT2D eigenvalue weighted by atomic mass is 16.7. The van der Waals surface area contributed by atoms with Gasteiger partial charge >= 0.3 is 11.9 Å². The van der Waals surface area contributed by atoms with Crippen molar-refractivity contribution in [2.75, 3.05) is 26.4 Å². The number of aliphatic hydroxyl groups is 7. The standard InChI is InChI=1S/C59H108O15/c1-3-5-7-9-11-13-15-17-19-21-22-23-24-26-28-30-32-34-36-38-40-42-51(62)72-47(44-69-50(61)41-39-37-35-33-31-29-27-25-20-18-16-14-12-10-8-6-4-2)45-70-58-57(68)55(66)53(64)49(74-58)46-71-59-56(67)54(65)52(63)48(43-60)73-59/h12,14,18,20,47-49,52-60,63-68H,3-11,13,15-17,19,21-46H2,1-2H3/b14-12+,20-18+/t47-,48+,49+,52-,53-,54?,55?,56?,57?,58+,59+/m1/s1. The first-order valence-electron chi connectivity index (χ1n) is 29.9. The zero-order valence-electron chi connectivity index (χ0n) is 46.3. The van der Waals surface area contributed by atoms with Crippen molar-refractivity contribution < 1.29 is 73.8 Å². The van der Waals surface area contributed by atoms with Crippen molar-refractivity contribution in [2.45, 2.75) is 313 Å². The molecule has 74 heavy (non-hydrogen) atoms. The van der Waals surface area contributed by atoms with E-state index in [9.17, 15) is 45.3 Å². The second-order valence-electron chi connectivity index (χ2n) is 21.2. The summed E-state index contributed by atoms with van der Waals surface area (Å²) in [4.78, 5) is 25.9. The van der Waals surface area contributed by atoms with E-state index in [1.807, 2.05) is 0 Å². The Kier molecular flexibility index (Phi) is 42.3. The molecule has 0 saturated carbocycles. The number of hydrogen-bond donors (Lipinski definition) is 7. The molecule has 2 heterocycles. The van der Waals surface area contributed by atoms with Crippen molar-refractivity contribution in [3.05, 3.63) is 24.3 Å². The third-order valence-electron chi connectivity index (χ3n) is 14.4. The smallest absolute Gasteiger partial charge is 0.306 e. The molecule has 15 nitrogen and oxygen atoms in total. The molecule has 2 aliphatic heterocycles. The SMILES string of the molecule is CCCCC/C=C/C/C=C/CCCCCCCCCC(=O)OC[C@H](CO[C@H]1O[C@@H](CO[C@H]2O[C@@H](CO)[C@@H](O)C(O)C2O)[C@@H](O)C(O)C1O)OC(=O)CCCCCCCCCCCCCCCCCCCCCCC. The molecule has 2 saturated heterocycles. The van der Waals surface area contributed by atoms with Crippen molar-refractivity contribution in [1.29, 1.82) is 0 Å². The number of allylic oxidation sites excluding steroid dienone is 4. The number of ether oxygens (including phenoxy) is 6. The number of carbonyl (C=O) groups excluding carboxylic acids is 2. The predicted molar refractivity (Wildman–Crippen MR) is 289 cm³/mol. The summed E-state index contributed by atoms with van der Waals surface area (Å²) in [6, 6.07) is 0. The highest BCUT2D eigenvalue weighted by Gasteiger charge is 2.47. The first-order chi connectivity index (χ1) is 36.0. The lowest BCUT2D eigenvalue weighted by Gasteiger charge is -2.42. The van der Waals surface area contributed by atoms with Crippen LogP contribution in [-0.4, -0.2) is 142 Å².